The van der Waals surface area contributed by atoms with Crippen molar-refractivity contribution in [1.82, 2.24) is 0 Å². The second-order valence-electron chi connectivity index (χ2n) is 4.58. The van der Waals surface area contributed by atoms with E-state index in [1.807, 2.05) is 37.3 Å². The molecule has 0 radical (unpaired) electrons. The third kappa shape index (κ3) is 5.28. The summed E-state index contributed by atoms with van der Waals surface area (Å²) < 4.78 is 5.10. The first-order chi connectivity index (χ1) is 10.2. The Hall–Kier alpha value is -2.33. The summed E-state index contributed by atoms with van der Waals surface area (Å²) in [7, 11) is 0. The molecule has 0 aromatic heterocycles. The molecule has 1 aromatic rings. The number of carbonyl (C=O) groups excluding carboxylic acids is 2. The van der Waals surface area contributed by atoms with Crippen molar-refractivity contribution in [3.8, 4) is 0 Å². The van der Waals surface area contributed by atoms with Crippen molar-refractivity contribution in [3.63, 3.8) is 0 Å². The first-order valence-electron chi connectivity index (χ1n) is 6.94. The highest BCUT2D eigenvalue weighted by molar-refractivity contribution is 5.77. The van der Waals surface area contributed by atoms with Gasteiger partial charge in [0.05, 0.1) is 6.61 Å². The van der Waals surface area contributed by atoms with Crippen LogP contribution in [-0.4, -0.2) is 24.9 Å². The molecular formula is C15H19N3O3. The molecule has 0 aliphatic carbocycles. The fourth-order valence-electron chi connectivity index (χ4n) is 2.09. The minimum Gasteiger partial charge on any atom is -0.465 e. The van der Waals surface area contributed by atoms with Crippen LogP contribution in [-0.2, 0) is 14.3 Å². The lowest BCUT2D eigenvalue weighted by Gasteiger charge is -2.22. The van der Waals surface area contributed by atoms with Crippen molar-refractivity contribution in [3.05, 3.63) is 46.3 Å². The molecule has 1 rings (SSSR count). The second kappa shape index (κ2) is 9.55. The number of hydrogen-bond acceptors (Lipinski definition) is 4. The van der Waals surface area contributed by atoms with Gasteiger partial charge >= 0.3 is 5.97 Å². The van der Waals surface area contributed by atoms with Crippen molar-refractivity contribution in [2.75, 3.05) is 6.61 Å². The third-order valence-electron chi connectivity index (χ3n) is 3.07. The maximum absolute atomic E-state index is 12.1. The largest absolute Gasteiger partial charge is 0.465 e. The Balaban J connectivity index is 3.02. The number of azide groups is 1. The molecule has 0 fully saturated rings. The maximum atomic E-state index is 12.1. The summed E-state index contributed by atoms with van der Waals surface area (Å²) >= 11 is 0. The topological polar surface area (TPSA) is 92.1 Å². The van der Waals surface area contributed by atoms with Gasteiger partial charge in [-0.3, -0.25) is 4.79 Å². The van der Waals surface area contributed by atoms with Crippen LogP contribution in [0.3, 0.4) is 0 Å². The van der Waals surface area contributed by atoms with Crippen LogP contribution in [0.25, 0.3) is 10.4 Å². The van der Waals surface area contributed by atoms with Gasteiger partial charge in [0, 0.05) is 17.3 Å². The molecule has 6 nitrogen and oxygen atoms in total. The Morgan fingerprint density at radius 1 is 1.43 bits per heavy atom. The number of benzene rings is 1. The highest BCUT2D eigenvalue weighted by atomic mass is 16.5. The number of rotatable bonds is 9. The lowest BCUT2D eigenvalue weighted by molar-refractivity contribution is -0.145. The Morgan fingerprint density at radius 3 is 2.71 bits per heavy atom. The molecular weight excluding hydrogens is 270 g/mol. The first kappa shape index (κ1) is 16.7. The van der Waals surface area contributed by atoms with E-state index in [1.54, 1.807) is 0 Å². The van der Waals surface area contributed by atoms with Crippen LogP contribution in [0.2, 0.25) is 0 Å². The molecule has 0 N–H and O–H groups in total. The smallest absolute Gasteiger partial charge is 0.315 e. The molecule has 1 aromatic carbocycles. The zero-order valence-corrected chi connectivity index (χ0v) is 12.0. The van der Waals surface area contributed by atoms with Gasteiger partial charge in [-0.05, 0) is 23.9 Å². The van der Waals surface area contributed by atoms with E-state index in [0.29, 0.717) is 12.8 Å². The maximum Gasteiger partial charge on any atom is 0.315 e. The van der Waals surface area contributed by atoms with E-state index in [4.69, 9.17) is 10.3 Å². The van der Waals surface area contributed by atoms with Gasteiger partial charge < -0.3 is 9.53 Å². The van der Waals surface area contributed by atoms with Crippen molar-refractivity contribution >= 4 is 12.3 Å². The van der Waals surface area contributed by atoms with Crippen molar-refractivity contribution in [2.24, 2.45) is 5.11 Å². The van der Waals surface area contributed by atoms with Gasteiger partial charge in [-0.2, -0.15) is 0 Å². The van der Waals surface area contributed by atoms with Gasteiger partial charge in [0.25, 0.3) is 0 Å². The molecule has 0 heterocycles. The SMILES string of the molecule is CCCOC(=O)C(N=[N+]=[N-])C(CCC=O)c1ccccc1. The fourth-order valence-corrected chi connectivity index (χ4v) is 2.09. The van der Waals surface area contributed by atoms with Crippen molar-refractivity contribution in [1.29, 1.82) is 0 Å². The van der Waals surface area contributed by atoms with Gasteiger partial charge in [-0.1, -0.05) is 42.4 Å². The molecule has 112 valence electrons. The summed E-state index contributed by atoms with van der Waals surface area (Å²) in [5, 5.41) is 3.60. The van der Waals surface area contributed by atoms with Crippen LogP contribution in [0.15, 0.2) is 35.4 Å². The highest BCUT2D eigenvalue weighted by Gasteiger charge is 2.29. The molecule has 6 heteroatoms. The average Bonchev–Trinajstić information content (AvgIpc) is 2.53. The Labute approximate surface area is 123 Å². The fraction of sp³-hybridized carbons (Fsp3) is 0.467. The number of nitrogens with zero attached hydrogens (tertiary/aromatic N) is 3. The minimum atomic E-state index is -0.955. The average molecular weight is 289 g/mol. The predicted molar refractivity (Wildman–Crippen MR) is 78.7 cm³/mol. The van der Waals surface area contributed by atoms with Crippen molar-refractivity contribution < 1.29 is 14.3 Å². The number of carbonyl (C=O) groups is 2. The molecule has 0 saturated carbocycles. The zero-order valence-electron chi connectivity index (χ0n) is 12.0. The van der Waals surface area contributed by atoms with E-state index < -0.39 is 12.0 Å². The normalized spacial score (nSPS) is 12.8. The summed E-state index contributed by atoms with van der Waals surface area (Å²) in [5.74, 6) is -0.911. The summed E-state index contributed by atoms with van der Waals surface area (Å²) in [6, 6.07) is 8.29. The lowest BCUT2D eigenvalue weighted by Crippen LogP contribution is -2.28. The monoisotopic (exact) mass is 289 g/mol. The van der Waals surface area contributed by atoms with E-state index in [2.05, 4.69) is 10.0 Å². The lowest BCUT2D eigenvalue weighted by atomic mass is 9.88. The number of ether oxygens (including phenoxy) is 1. The summed E-state index contributed by atoms with van der Waals surface area (Å²) in [6.45, 7) is 2.17. The van der Waals surface area contributed by atoms with E-state index in [0.717, 1.165) is 11.8 Å². The third-order valence-corrected chi connectivity index (χ3v) is 3.07. The quantitative estimate of drug-likeness (QED) is 0.229. The van der Waals surface area contributed by atoms with Gasteiger partial charge in [-0.15, -0.1) is 0 Å². The van der Waals surface area contributed by atoms with E-state index >= 15 is 0 Å². The van der Waals surface area contributed by atoms with Gasteiger partial charge in [-0.25, -0.2) is 0 Å². The molecule has 0 aliphatic heterocycles. The molecule has 0 amide bonds. The number of hydrogen-bond donors (Lipinski definition) is 0. The zero-order chi connectivity index (χ0) is 15.5. The van der Waals surface area contributed by atoms with Crippen LogP contribution in [0.5, 0.6) is 0 Å². The van der Waals surface area contributed by atoms with E-state index in [1.165, 1.54) is 0 Å². The van der Waals surface area contributed by atoms with Crippen molar-refractivity contribution in [2.45, 2.75) is 38.1 Å². The molecule has 21 heavy (non-hydrogen) atoms. The Kier molecular flexibility index (Phi) is 7.61. The predicted octanol–water partition coefficient (Wildman–Crippen LogP) is 3.38. The molecule has 2 atom stereocenters. The van der Waals surface area contributed by atoms with Gasteiger partial charge in [0.15, 0.2) is 0 Å². The van der Waals surface area contributed by atoms with Crippen LogP contribution in [0.4, 0.5) is 0 Å². The standard InChI is InChI=1S/C15H19N3O3/c1-2-11-21-15(20)14(17-18-16)13(9-6-10-19)12-7-4-3-5-8-12/h3-5,7-8,10,13-14H,2,6,9,11H2,1H3. The summed E-state index contributed by atoms with van der Waals surface area (Å²) in [6.07, 6.45) is 2.20. The molecule has 0 saturated heterocycles. The number of aldehydes is 1. The second-order valence-corrected chi connectivity index (χ2v) is 4.58. The molecule has 0 aliphatic rings. The molecule has 0 bridgehead atoms. The number of esters is 1. The van der Waals surface area contributed by atoms with Gasteiger partial charge in [0.1, 0.15) is 12.3 Å². The van der Waals surface area contributed by atoms with Crippen LogP contribution in [0.1, 0.15) is 37.7 Å². The van der Waals surface area contributed by atoms with E-state index in [9.17, 15) is 9.59 Å². The Bertz CT molecular complexity index is 498. The minimum absolute atomic E-state index is 0.283. The summed E-state index contributed by atoms with van der Waals surface area (Å²) in [4.78, 5) is 25.5. The molecule has 0 spiro atoms. The van der Waals surface area contributed by atoms with Crippen LogP contribution in [0, 0.1) is 0 Å². The Morgan fingerprint density at radius 2 is 2.14 bits per heavy atom. The van der Waals surface area contributed by atoms with Crippen LogP contribution >= 0.6 is 0 Å². The van der Waals surface area contributed by atoms with Crippen LogP contribution < -0.4 is 0 Å². The van der Waals surface area contributed by atoms with Gasteiger partial charge in [0.2, 0.25) is 0 Å². The summed E-state index contributed by atoms with van der Waals surface area (Å²) in [5.41, 5.74) is 9.57. The molecule has 2 unspecified atom stereocenters. The van der Waals surface area contributed by atoms with E-state index in [-0.39, 0.29) is 18.9 Å². The first-order valence-corrected chi connectivity index (χ1v) is 6.94. The highest BCUT2D eigenvalue weighted by Crippen LogP contribution is 2.28.